The number of β-amino-alcohol motifs (C(OH)–C–C–N with tert-alkyl or cyclic N) is 1. The van der Waals surface area contributed by atoms with Crippen molar-refractivity contribution < 1.29 is 10.3 Å². The molecule has 1 aliphatic rings. The summed E-state index contributed by atoms with van der Waals surface area (Å²) in [6.07, 6.45) is 3.90. The third kappa shape index (κ3) is 4.46. The molecule has 18 heavy (non-hydrogen) atoms. The first kappa shape index (κ1) is 15.2. The van der Waals surface area contributed by atoms with E-state index in [9.17, 15) is 5.11 Å². The van der Waals surface area contributed by atoms with Crippen molar-refractivity contribution in [3.05, 3.63) is 0 Å². The van der Waals surface area contributed by atoms with E-state index in [0.29, 0.717) is 5.84 Å². The van der Waals surface area contributed by atoms with Gasteiger partial charge in [-0.25, -0.2) is 0 Å². The number of rotatable bonds is 6. The Kier molecular flexibility index (Phi) is 4.99. The SMILES string of the molecule is CC1(O)CCN(CCCCC(C)(C)C(N)=NO)C1. The van der Waals surface area contributed by atoms with Crippen molar-refractivity contribution in [2.75, 3.05) is 19.6 Å². The molecule has 0 saturated carbocycles. The zero-order valence-electron chi connectivity index (χ0n) is 11.8. The number of hydrogen-bond acceptors (Lipinski definition) is 4. The van der Waals surface area contributed by atoms with Crippen LogP contribution in [0.15, 0.2) is 5.16 Å². The Hall–Kier alpha value is -0.810. The molecule has 0 aromatic heterocycles. The number of oxime groups is 1. The quantitative estimate of drug-likeness (QED) is 0.221. The molecule has 0 aromatic carbocycles. The van der Waals surface area contributed by atoms with Gasteiger partial charge in [0, 0.05) is 18.5 Å². The van der Waals surface area contributed by atoms with Gasteiger partial charge >= 0.3 is 0 Å². The summed E-state index contributed by atoms with van der Waals surface area (Å²) < 4.78 is 0. The Balaban J connectivity index is 2.20. The molecule has 1 aliphatic heterocycles. The number of unbranched alkanes of at least 4 members (excludes halogenated alkanes) is 1. The highest BCUT2D eigenvalue weighted by Gasteiger charge is 2.30. The lowest BCUT2D eigenvalue weighted by Gasteiger charge is -2.23. The van der Waals surface area contributed by atoms with Crippen molar-refractivity contribution in [3.8, 4) is 0 Å². The van der Waals surface area contributed by atoms with Gasteiger partial charge in [-0.15, -0.1) is 0 Å². The first-order chi connectivity index (χ1) is 8.27. The lowest BCUT2D eigenvalue weighted by molar-refractivity contribution is 0.0685. The smallest absolute Gasteiger partial charge is 0.144 e. The van der Waals surface area contributed by atoms with Crippen LogP contribution in [-0.2, 0) is 0 Å². The fourth-order valence-corrected chi connectivity index (χ4v) is 2.40. The second-order valence-corrected chi connectivity index (χ2v) is 6.35. The molecule has 0 radical (unpaired) electrons. The Bertz CT molecular complexity index is 301. The van der Waals surface area contributed by atoms with Crippen LogP contribution in [0, 0.1) is 5.41 Å². The van der Waals surface area contributed by atoms with E-state index in [0.717, 1.165) is 45.3 Å². The Morgan fingerprint density at radius 2 is 2.11 bits per heavy atom. The first-order valence-corrected chi connectivity index (χ1v) is 6.70. The van der Waals surface area contributed by atoms with Crippen LogP contribution in [0.3, 0.4) is 0 Å². The number of nitrogens with two attached hydrogens (primary N) is 1. The summed E-state index contributed by atoms with van der Waals surface area (Å²) in [4.78, 5) is 2.30. The lowest BCUT2D eigenvalue weighted by Crippen LogP contribution is -2.32. The van der Waals surface area contributed by atoms with Crippen LogP contribution in [0.25, 0.3) is 0 Å². The predicted molar refractivity (Wildman–Crippen MR) is 72.7 cm³/mol. The molecule has 106 valence electrons. The number of amidine groups is 1. The van der Waals surface area contributed by atoms with Gasteiger partial charge in [-0.2, -0.15) is 0 Å². The molecule has 1 fully saturated rings. The third-order valence-electron chi connectivity index (χ3n) is 3.86. The minimum absolute atomic E-state index is 0.245. The second kappa shape index (κ2) is 5.89. The summed E-state index contributed by atoms with van der Waals surface area (Å²) in [6.45, 7) is 8.65. The fourth-order valence-electron chi connectivity index (χ4n) is 2.40. The van der Waals surface area contributed by atoms with E-state index in [1.165, 1.54) is 0 Å². The molecule has 1 unspecified atom stereocenters. The zero-order valence-corrected chi connectivity index (χ0v) is 11.8. The van der Waals surface area contributed by atoms with Crippen molar-refractivity contribution in [2.24, 2.45) is 16.3 Å². The highest BCUT2D eigenvalue weighted by atomic mass is 16.4. The van der Waals surface area contributed by atoms with E-state index < -0.39 is 5.60 Å². The molecular formula is C13H27N3O2. The van der Waals surface area contributed by atoms with Crippen LogP contribution >= 0.6 is 0 Å². The number of nitrogens with zero attached hydrogens (tertiary/aromatic N) is 2. The van der Waals surface area contributed by atoms with Gasteiger partial charge in [0.2, 0.25) is 0 Å². The molecule has 4 N–H and O–H groups in total. The number of hydrogen-bond donors (Lipinski definition) is 3. The maximum Gasteiger partial charge on any atom is 0.144 e. The third-order valence-corrected chi connectivity index (χ3v) is 3.86. The molecule has 1 heterocycles. The average Bonchev–Trinajstić information content (AvgIpc) is 2.63. The van der Waals surface area contributed by atoms with E-state index in [-0.39, 0.29) is 5.41 Å². The normalized spacial score (nSPS) is 26.8. The van der Waals surface area contributed by atoms with Crippen molar-refractivity contribution >= 4 is 5.84 Å². The summed E-state index contributed by atoms with van der Waals surface area (Å²) >= 11 is 0. The standard InChI is InChI=1S/C13H27N3O2/c1-12(2,11(14)15-18)6-4-5-8-16-9-7-13(3,17)10-16/h17-18H,4-10H2,1-3H3,(H2,14,15). The molecule has 1 saturated heterocycles. The van der Waals surface area contributed by atoms with Gasteiger partial charge < -0.3 is 20.9 Å². The van der Waals surface area contributed by atoms with Crippen molar-refractivity contribution in [2.45, 2.75) is 52.1 Å². The predicted octanol–water partition coefficient (Wildman–Crippen LogP) is 1.39. The van der Waals surface area contributed by atoms with Gasteiger partial charge in [-0.1, -0.05) is 25.4 Å². The highest BCUT2D eigenvalue weighted by molar-refractivity contribution is 5.85. The molecule has 5 nitrogen and oxygen atoms in total. The molecule has 5 heteroatoms. The van der Waals surface area contributed by atoms with Gasteiger partial charge in [-0.05, 0) is 32.7 Å². The van der Waals surface area contributed by atoms with Crippen LogP contribution in [0.2, 0.25) is 0 Å². The van der Waals surface area contributed by atoms with E-state index in [4.69, 9.17) is 10.9 Å². The van der Waals surface area contributed by atoms with E-state index >= 15 is 0 Å². The molecule has 0 spiro atoms. The topological polar surface area (TPSA) is 82.1 Å². The van der Waals surface area contributed by atoms with Crippen molar-refractivity contribution in [3.63, 3.8) is 0 Å². The molecule has 0 aliphatic carbocycles. The Morgan fingerprint density at radius 3 is 2.61 bits per heavy atom. The van der Waals surface area contributed by atoms with Crippen LogP contribution < -0.4 is 5.73 Å². The average molecular weight is 257 g/mol. The summed E-state index contributed by atoms with van der Waals surface area (Å²) in [7, 11) is 0. The van der Waals surface area contributed by atoms with Crippen molar-refractivity contribution in [1.82, 2.24) is 4.90 Å². The first-order valence-electron chi connectivity index (χ1n) is 6.70. The van der Waals surface area contributed by atoms with E-state index in [2.05, 4.69) is 10.1 Å². The Morgan fingerprint density at radius 1 is 1.44 bits per heavy atom. The minimum atomic E-state index is -0.507. The summed E-state index contributed by atoms with van der Waals surface area (Å²) in [5.74, 6) is 0.298. The van der Waals surface area contributed by atoms with Crippen LogP contribution in [-0.4, -0.2) is 46.3 Å². The molecular weight excluding hydrogens is 230 g/mol. The monoisotopic (exact) mass is 257 g/mol. The fraction of sp³-hybridized carbons (Fsp3) is 0.923. The zero-order chi connectivity index (χ0) is 13.8. The largest absolute Gasteiger partial charge is 0.409 e. The van der Waals surface area contributed by atoms with Gasteiger partial charge in [-0.3, -0.25) is 0 Å². The molecule has 1 rings (SSSR count). The Labute approximate surface area is 110 Å². The maximum atomic E-state index is 9.85. The lowest BCUT2D eigenvalue weighted by atomic mass is 9.86. The minimum Gasteiger partial charge on any atom is -0.409 e. The van der Waals surface area contributed by atoms with Crippen molar-refractivity contribution in [1.29, 1.82) is 0 Å². The van der Waals surface area contributed by atoms with Crippen LogP contribution in [0.5, 0.6) is 0 Å². The highest BCUT2D eigenvalue weighted by Crippen LogP contribution is 2.24. The molecule has 0 bridgehead atoms. The summed E-state index contributed by atoms with van der Waals surface area (Å²) in [5.41, 5.74) is 4.90. The maximum absolute atomic E-state index is 9.85. The van der Waals surface area contributed by atoms with Gasteiger partial charge in [0.25, 0.3) is 0 Å². The van der Waals surface area contributed by atoms with Gasteiger partial charge in [0.05, 0.1) is 5.60 Å². The summed E-state index contributed by atoms with van der Waals surface area (Å²) in [6, 6.07) is 0. The van der Waals surface area contributed by atoms with E-state index in [1.54, 1.807) is 0 Å². The van der Waals surface area contributed by atoms with Crippen LogP contribution in [0.1, 0.15) is 46.5 Å². The van der Waals surface area contributed by atoms with Gasteiger partial charge in [0.1, 0.15) is 5.84 Å². The van der Waals surface area contributed by atoms with Gasteiger partial charge in [0.15, 0.2) is 0 Å². The van der Waals surface area contributed by atoms with E-state index in [1.807, 2.05) is 20.8 Å². The van der Waals surface area contributed by atoms with Crippen LogP contribution in [0.4, 0.5) is 0 Å². The molecule has 0 aromatic rings. The summed E-state index contributed by atoms with van der Waals surface area (Å²) in [5, 5.41) is 21.6. The molecule has 1 atom stereocenters. The molecule has 0 amide bonds. The number of likely N-dealkylation sites (tertiary alicyclic amines) is 1. The second-order valence-electron chi connectivity index (χ2n) is 6.35. The number of aliphatic hydroxyl groups is 1.